The quantitative estimate of drug-likeness (QED) is 0.307. The number of nitrogens with one attached hydrogen (secondary N) is 3. The van der Waals surface area contributed by atoms with Crippen LogP contribution in [-0.2, 0) is 20.8 Å². The Balaban J connectivity index is 1.41. The van der Waals surface area contributed by atoms with Crippen LogP contribution in [0.2, 0.25) is 0 Å². The summed E-state index contributed by atoms with van der Waals surface area (Å²) in [5.74, 6) is -1.12. The van der Waals surface area contributed by atoms with Crippen molar-refractivity contribution in [1.82, 2.24) is 10.2 Å². The number of carbonyl (C=O) groups is 4. The highest BCUT2D eigenvalue weighted by atomic mass is 16.5. The van der Waals surface area contributed by atoms with E-state index in [1.165, 1.54) is 6.08 Å². The summed E-state index contributed by atoms with van der Waals surface area (Å²) in [7, 11) is 0. The molecule has 9 heteroatoms. The Morgan fingerprint density at radius 3 is 2.38 bits per heavy atom. The number of hydrogen-bond acceptors (Lipinski definition) is 5. The Morgan fingerprint density at radius 1 is 0.892 bits per heavy atom. The summed E-state index contributed by atoms with van der Waals surface area (Å²) < 4.78 is 5.66. The summed E-state index contributed by atoms with van der Waals surface area (Å²) in [5, 5.41) is 7.99. The van der Waals surface area contributed by atoms with E-state index >= 15 is 0 Å². The molecule has 4 rings (SSSR count). The summed E-state index contributed by atoms with van der Waals surface area (Å²) in [5.41, 5.74) is 2.72. The molecule has 0 aliphatic carbocycles. The molecule has 1 fully saturated rings. The maximum absolute atomic E-state index is 12.9. The monoisotopic (exact) mass is 498 g/mol. The minimum absolute atomic E-state index is 0.00320. The third-order valence-corrected chi connectivity index (χ3v) is 5.57. The third-order valence-electron chi connectivity index (χ3n) is 5.57. The molecule has 1 heterocycles. The molecule has 0 spiro atoms. The van der Waals surface area contributed by atoms with Crippen LogP contribution in [0.15, 0.2) is 84.6 Å². The number of imide groups is 1. The summed E-state index contributed by atoms with van der Waals surface area (Å²) in [6.07, 6.45) is 2.18. The molecule has 1 saturated heterocycles. The fourth-order valence-corrected chi connectivity index (χ4v) is 3.75. The van der Waals surface area contributed by atoms with Crippen molar-refractivity contribution < 1.29 is 23.9 Å². The zero-order valence-corrected chi connectivity index (χ0v) is 20.2. The number of carbonyl (C=O) groups excluding carboxylic acids is 4. The van der Waals surface area contributed by atoms with Gasteiger partial charge in [-0.3, -0.25) is 14.4 Å². The Morgan fingerprint density at radius 2 is 1.59 bits per heavy atom. The average Bonchev–Trinajstić information content (AvgIpc) is 3.16. The van der Waals surface area contributed by atoms with Crippen molar-refractivity contribution in [3.05, 3.63) is 95.7 Å². The van der Waals surface area contributed by atoms with Gasteiger partial charge in [-0.05, 0) is 42.3 Å². The number of anilines is 2. The van der Waals surface area contributed by atoms with E-state index in [9.17, 15) is 19.2 Å². The fraction of sp³-hybridized carbons (Fsp3) is 0.143. The van der Waals surface area contributed by atoms with E-state index in [0.29, 0.717) is 22.7 Å². The van der Waals surface area contributed by atoms with Crippen LogP contribution in [0.1, 0.15) is 18.1 Å². The minimum atomic E-state index is -0.698. The largest absolute Gasteiger partial charge is 0.483 e. The Hall–Kier alpha value is -4.92. The molecule has 188 valence electrons. The van der Waals surface area contributed by atoms with Gasteiger partial charge >= 0.3 is 6.03 Å². The zero-order valence-electron chi connectivity index (χ0n) is 20.2. The molecule has 5 amide bonds. The van der Waals surface area contributed by atoms with Crippen molar-refractivity contribution in [1.29, 1.82) is 0 Å². The molecule has 3 aromatic carbocycles. The predicted octanol–water partition coefficient (Wildman–Crippen LogP) is 3.80. The van der Waals surface area contributed by atoms with Crippen LogP contribution in [-0.4, -0.2) is 41.8 Å². The Labute approximate surface area is 214 Å². The molecule has 1 aliphatic rings. The van der Waals surface area contributed by atoms with Crippen molar-refractivity contribution in [3.8, 4) is 5.75 Å². The number of nitrogens with zero attached hydrogens (tertiary/aromatic N) is 1. The average molecular weight is 499 g/mol. The van der Waals surface area contributed by atoms with E-state index in [0.717, 1.165) is 16.9 Å². The predicted molar refractivity (Wildman–Crippen MR) is 140 cm³/mol. The summed E-state index contributed by atoms with van der Waals surface area (Å²) >= 11 is 0. The normalized spacial score (nSPS) is 13.9. The molecule has 0 unspecified atom stereocenters. The highest BCUT2D eigenvalue weighted by Crippen LogP contribution is 2.23. The van der Waals surface area contributed by atoms with Crippen LogP contribution in [0.5, 0.6) is 5.75 Å². The van der Waals surface area contributed by atoms with E-state index in [1.54, 1.807) is 48.5 Å². The maximum Gasteiger partial charge on any atom is 0.329 e. The van der Waals surface area contributed by atoms with Crippen LogP contribution in [0.3, 0.4) is 0 Å². The molecule has 0 radical (unpaired) electrons. The lowest BCUT2D eigenvalue weighted by molar-refractivity contribution is -0.127. The maximum atomic E-state index is 12.9. The number of aryl methyl sites for hydroxylation is 1. The fourth-order valence-electron chi connectivity index (χ4n) is 3.75. The van der Waals surface area contributed by atoms with Gasteiger partial charge in [0.05, 0.1) is 0 Å². The van der Waals surface area contributed by atoms with Crippen molar-refractivity contribution in [2.75, 3.05) is 23.8 Å². The Kier molecular flexibility index (Phi) is 7.95. The van der Waals surface area contributed by atoms with Gasteiger partial charge in [0, 0.05) is 16.9 Å². The molecule has 0 atom stereocenters. The van der Waals surface area contributed by atoms with Crippen molar-refractivity contribution in [3.63, 3.8) is 0 Å². The number of benzene rings is 3. The van der Waals surface area contributed by atoms with Crippen molar-refractivity contribution in [2.24, 2.45) is 0 Å². The topological polar surface area (TPSA) is 117 Å². The van der Waals surface area contributed by atoms with Gasteiger partial charge in [0.25, 0.3) is 11.8 Å². The first-order chi connectivity index (χ1) is 17.9. The van der Waals surface area contributed by atoms with E-state index in [1.807, 2.05) is 37.3 Å². The van der Waals surface area contributed by atoms with Gasteiger partial charge in [-0.25, -0.2) is 9.69 Å². The lowest BCUT2D eigenvalue weighted by Gasteiger charge is -2.13. The van der Waals surface area contributed by atoms with E-state index < -0.39 is 24.4 Å². The molecule has 0 saturated carbocycles. The highest BCUT2D eigenvalue weighted by Gasteiger charge is 2.35. The number of ether oxygens (including phenoxy) is 1. The molecule has 3 N–H and O–H groups in total. The van der Waals surface area contributed by atoms with Gasteiger partial charge < -0.3 is 20.7 Å². The molecule has 3 aromatic rings. The van der Waals surface area contributed by atoms with Gasteiger partial charge in [0.2, 0.25) is 5.91 Å². The molecular weight excluding hydrogens is 472 g/mol. The summed E-state index contributed by atoms with van der Waals surface area (Å²) in [4.78, 5) is 51.0. The van der Waals surface area contributed by atoms with E-state index in [4.69, 9.17) is 4.74 Å². The van der Waals surface area contributed by atoms with Gasteiger partial charge in [-0.15, -0.1) is 0 Å². The van der Waals surface area contributed by atoms with Crippen LogP contribution in [0.25, 0.3) is 6.08 Å². The van der Waals surface area contributed by atoms with Gasteiger partial charge in [-0.2, -0.15) is 0 Å². The second-order valence-corrected chi connectivity index (χ2v) is 8.18. The summed E-state index contributed by atoms with van der Waals surface area (Å²) in [6, 6.07) is 22.4. The molecule has 37 heavy (non-hydrogen) atoms. The first kappa shape index (κ1) is 25.2. The molecule has 1 aliphatic heterocycles. The van der Waals surface area contributed by atoms with Crippen LogP contribution in [0.4, 0.5) is 16.2 Å². The number of urea groups is 1. The lowest BCUT2D eigenvalue weighted by atomic mass is 10.1. The van der Waals surface area contributed by atoms with E-state index in [-0.39, 0.29) is 18.2 Å². The zero-order chi connectivity index (χ0) is 26.2. The van der Waals surface area contributed by atoms with E-state index in [2.05, 4.69) is 16.0 Å². The first-order valence-electron chi connectivity index (χ1n) is 11.7. The second kappa shape index (κ2) is 11.7. The first-order valence-corrected chi connectivity index (χ1v) is 11.7. The molecular formula is C28H26N4O5. The molecule has 9 nitrogen and oxygen atoms in total. The highest BCUT2D eigenvalue weighted by molar-refractivity contribution is 6.16. The van der Waals surface area contributed by atoms with Gasteiger partial charge in [0.1, 0.15) is 18.0 Å². The smallest absolute Gasteiger partial charge is 0.329 e. The van der Waals surface area contributed by atoms with Crippen molar-refractivity contribution in [2.45, 2.75) is 13.3 Å². The van der Waals surface area contributed by atoms with Crippen molar-refractivity contribution >= 4 is 41.2 Å². The number of para-hydroxylation sites is 3. The second-order valence-electron chi connectivity index (χ2n) is 8.18. The van der Waals surface area contributed by atoms with Crippen LogP contribution in [0, 0.1) is 0 Å². The third kappa shape index (κ3) is 6.40. The summed E-state index contributed by atoms with van der Waals surface area (Å²) in [6.45, 7) is 1.29. The number of rotatable bonds is 9. The lowest BCUT2D eigenvalue weighted by Crippen LogP contribution is -2.38. The number of amides is 5. The number of hydrogen-bond donors (Lipinski definition) is 3. The Bertz CT molecular complexity index is 1350. The SMILES string of the molecule is CCc1ccccc1NC(=O)CN1C(=O)N/C(=C/c2ccccc2OCC(=O)Nc2ccccc2)C1=O. The van der Waals surface area contributed by atoms with Gasteiger partial charge in [0.15, 0.2) is 6.61 Å². The molecule has 0 aromatic heterocycles. The van der Waals surface area contributed by atoms with Gasteiger partial charge in [-0.1, -0.05) is 61.5 Å². The van der Waals surface area contributed by atoms with Crippen LogP contribution >= 0.6 is 0 Å². The standard InChI is InChI=1S/C28H26N4O5/c1-2-19-10-6-8-14-22(19)30-25(33)17-32-27(35)23(31-28(32)36)16-20-11-7-9-15-24(20)37-18-26(34)29-21-12-4-3-5-13-21/h3-16H,2,17-18H2,1H3,(H,29,34)(H,30,33)(H,31,36)/b23-16+. The van der Waals surface area contributed by atoms with Crippen LogP contribution < -0.4 is 20.7 Å². The molecule has 0 bridgehead atoms. The minimum Gasteiger partial charge on any atom is -0.483 e.